The molecule has 0 amide bonds. The summed E-state index contributed by atoms with van der Waals surface area (Å²) in [4.78, 5) is 9.70. The van der Waals surface area contributed by atoms with Crippen molar-refractivity contribution in [1.29, 1.82) is 0 Å². The molecule has 0 saturated carbocycles. The van der Waals surface area contributed by atoms with Gasteiger partial charge in [0.15, 0.2) is 0 Å². The second-order valence-corrected chi connectivity index (χ2v) is 4.69. The van der Waals surface area contributed by atoms with Crippen LogP contribution in [0.2, 0.25) is 0 Å². The summed E-state index contributed by atoms with van der Waals surface area (Å²) in [5, 5.41) is 4.92. The van der Waals surface area contributed by atoms with Crippen LogP contribution in [0.15, 0.2) is 29.2 Å². The minimum atomic E-state index is -6.41. The standard InChI is InChI=1S/C10H5F7O2S/c11-8(12,9(13,14)15)10(16,17)20-6-3-1-5(2-4-6)7(18)19/h1-4H,(H,18,19)/p-1. The molecule has 1 aromatic carbocycles. The van der Waals surface area contributed by atoms with Gasteiger partial charge in [-0.1, -0.05) is 12.1 Å². The first-order valence-electron chi connectivity index (χ1n) is 4.71. The molecule has 0 saturated heterocycles. The molecule has 0 spiro atoms. The van der Waals surface area contributed by atoms with Gasteiger partial charge in [-0.3, -0.25) is 0 Å². The van der Waals surface area contributed by atoms with E-state index in [-0.39, 0.29) is 0 Å². The van der Waals surface area contributed by atoms with Gasteiger partial charge in [-0.05, 0) is 29.5 Å². The Kier molecular flexibility index (Phi) is 4.28. The van der Waals surface area contributed by atoms with Crippen LogP contribution in [0.5, 0.6) is 0 Å². The molecule has 0 unspecified atom stereocenters. The van der Waals surface area contributed by atoms with Crippen LogP contribution >= 0.6 is 11.8 Å². The van der Waals surface area contributed by atoms with E-state index in [1.807, 2.05) is 0 Å². The van der Waals surface area contributed by atoms with Crippen molar-refractivity contribution in [3.8, 4) is 0 Å². The second kappa shape index (κ2) is 5.15. The molecule has 0 aromatic heterocycles. The molecule has 0 bridgehead atoms. The Morgan fingerprint density at radius 2 is 1.40 bits per heavy atom. The highest BCUT2D eigenvalue weighted by molar-refractivity contribution is 8.00. The summed E-state index contributed by atoms with van der Waals surface area (Å²) in [6.07, 6.45) is -6.41. The van der Waals surface area contributed by atoms with E-state index in [1.54, 1.807) is 0 Å². The number of carboxylic acids is 1. The van der Waals surface area contributed by atoms with Crippen LogP contribution in [0.1, 0.15) is 10.4 Å². The molecule has 1 aromatic rings. The number of carboxylic acid groups (broad SMARTS) is 1. The van der Waals surface area contributed by atoms with Gasteiger partial charge in [0, 0.05) is 4.90 Å². The van der Waals surface area contributed by atoms with Crippen LogP contribution in [0.3, 0.4) is 0 Å². The van der Waals surface area contributed by atoms with E-state index < -0.39 is 45.5 Å². The second-order valence-electron chi connectivity index (χ2n) is 3.50. The van der Waals surface area contributed by atoms with Crippen molar-refractivity contribution in [2.45, 2.75) is 22.2 Å². The van der Waals surface area contributed by atoms with Crippen molar-refractivity contribution in [1.82, 2.24) is 0 Å². The van der Waals surface area contributed by atoms with Crippen molar-refractivity contribution < 1.29 is 40.6 Å². The van der Waals surface area contributed by atoms with Gasteiger partial charge >= 0.3 is 17.4 Å². The van der Waals surface area contributed by atoms with Crippen molar-refractivity contribution in [2.24, 2.45) is 0 Å². The van der Waals surface area contributed by atoms with Gasteiger partial charge in [0.25, 0.3) is 0 Å². The van der Waals surface area contributed by atoms with Crippen LogP contribution in [-0.2, 0) is 0 Å². The first-order valence-corrected chi connectivity index (χ1v) is 5.53. The lowest BCUT2D eigenvalue weighted by atomic mass is 10.2. The normalized spacial score (nSPS) is 13.3. The van der Waals surface area contributed by atoms with Crippen LogP contribution in [0.25, 0.3) is 0 Å². The third-order valence-corrected chi connectivity index (χ3v) is 3.08. The zero-order valence-corrected chi connectivity index (χ0v) is 10.00. The average molecular weight is 321 g/mol. The van der Waals surface area contributed by atoms with Crippen molar-refractivity contribution >= 4 is 17.7 Å². The largest absolute Gasteiger partial charge is 0.545 e. The molecule has 10 heteroatoms. The molecule has 0 fully saturated rings. The first kappa shape index (κ1) is 16.6. The SMILES string of the molecule is O=C([O-])c1ccc(SC(F)(F)C(F)(F)C(F)(F)F)cc1. The molecule has 0 radical (unpaired) electrons. The summed E-state index contributed by atoms with van der Waals surface area (Å²) >= 11 is -1.02. The molecule has 1 rings (SSSR count). The monoisotopic (exact) mass is 321 g/mol. The zero-order valence-electron chi connectivity index (χ0n) is 9.18. The van der Waals surface area contributed by atoms with Crippen LogP contribution in [-0.4, -0.2) is 23.3 Å². The van der Waals surface area contributed by atoms with Crippen molar-refractivity contribution in [3.05, 3.63) is 29.8 Å². The lowest BCUT2D eigenvalue weighted by Crippen LogP contribution is -2.49. The number of hydrogen-bond donors (Lipinski definition) is 0. The summed E-state index contributed by atoms with van der Waals surface area (Å²) < 4.78 is 86.8. The Bertz CT molecular complexity index is 495. The fourth-order valence-electron chi connectivity index (χ4n) is 1.04. The van der Waals surface area contributed by atoms with Crippen molar-refractivity contribution in [2.75, 3.05) is 0 Å². The Balaban J connectivity index is 2.99. The van der Waals surface area contributed by atoms with E-state index in [1.165, 1.54) is 0 Å². The van der Waals surface area contributed by atoms with Gasteiger partial charge in [0.2, 0.25) is 0 Å². The number of rotatable bonds is 4. The molecule has 0 heterocycles. The summed E-state index contributed by atoms with van der Waals surface area (Å²) in [7, 11) is 0. The smallest absolute Gasteiger partial charge is 0.460 e. The van der Waals surface area contributed by atoms with Gasteiger partial charge in [0.05, 0.1) is 5.97 Å². The maximum atomic E-state index is 13.0. The number of hydrogen-bond acceptors (Lipinski definition) is 3. The van der Waals surface area contributed by atoms with Crippen LogP contribution in [0, 0.1) is 0 Å². The first-order chi connectivity index (χ1) is 8.88. The minimum Gasteiger partial charge on any atom is -0.545 e. The summed E-state index contributed by atoms with van der Waals surface area (Å²) in [6.45, 7) is 0. The molecule has 112 valence electrons. The number of carbonyl (C=O) groups excluding carboxylic acids is 1. The van der Waals surface area contributed by atoms with Gasteiger partial charge in [-0.25, -0.2) is 0 Å². The van der Waals surface area contributed by atoms with Gasteiger partial charge < -0.3 is 9.90 Å². The summed E-state index contributed by atoms with van der Waals surface area (Å²) in [5.74, 6) is -7.87. The molecule has 0 aliphatic carbocycles. The molecule has 0 atom stereocenters. The number of benzene rings is 1. The van der Waals surface area contributed by atoms with E-state index in [0.717, 1.165) is 12.1 Å². The number of alkyl halides is 7. The number of halogens is 7. The molecule has 0 N–H and O–H groups in total. The fourth-order valence-corrected chi connectivity index (χ4v) is 1.85. The number of carbonyl (C=O) groups is 1. The van der Waals surface area contributed by atoms with E-state index in [9.17, 15) is 40.6 Å². The van der Waals surface area contributed by atoms with E-state index in [0.29, 0.717) is 12.1 Å². The Labute approximate surface area is 111 Å². The summed E-state index contributed by atoms with van der Waals surface area (Å²) in [6, 6.07) is 2.85. The van der Waals surface area contributed by atoms with Gasteiger partial charge in [0.1, 0.15) is 0 Å². The lowest BCUT2D eigenvalue weighted by Gasteiger charge is -2.27. The topological polar surface area (TPSA) is 40.1 Å². The number of thioether (sulfide) groups is 1. The predicted octanol–water partition coefficient (Wildman–Crippen LogP) is 2.93. The van der Waals surface area contributed by atoms with E-state index in [4.69, 9.17) is 0 Å². The highest BCUT2D eigenvalue weighted by Gasteiger charge is 2.73. The highest BCUT2D eigenvalue weighted by atomic mass is 32.2. The average Bonchev–Trinajstić information content (AvgIpc) is 2.27. The molecule has 20 heavy (non-hydrogen) atoms. The third kappa shape index (κ3) is 3.17. The maximum absolute atomic E-state index is 13.0. The molecular formula is C10H4F7O2S-. The predicted molar refractivity (Wildman–Crippen MR) is 52.6 cm³/mol. The lowest BCUT2D eigenvalue weighted by molar-refractivity contribution is -0.330. The quantitative estimate of drug-likeness (QED) is 0.632. The van der Waals surface area contributed by atoms with Gasteiger partial charge in [-0.2, -0.15) is 30.7 Å². The molecule has 0 aliphatic rings. The Morgan fingerprint density at radius 3 is 1.75 bits per heavy atom. The van der Waals surface area contributed by atoms with E-state index >= 15 is 0 Å². The van der Waals surface area contributed by atoms with Gasteiger partial charge in [-0.15, -0.1) is 0 Å². The molecule has 2 nitrogen and oxygen atoms in total. The maximum Gasteiger partial charge on any atom is 0.460 e. The highest BCUT2D eigenvalue weighted by Crippen LogP contribution is 2.53. The van der Waals surface area contributed by atoms with Crippen LogP contribution in [0.4, 0.5) is 30.7 Å². The zero-order chi connectivity index (χ0) is 15.8. The molecule has 0 aliphatic heterocycles. The Morgan fingerprint density at radius 1 is 0.950 bits per heavy atom. The van der Waals surface area contributed by atoms with Crippen LogP contribution < -0.4 is 5.11 Å². The number of aromatic carboxylic acids is 1. The van der Waals surface area contributed by atoms with Crippen molar-refractivity contribution in [3.63, 3.8) is 0 Å². The minimum absolute atomic E-state index is 0.430. The fraction of sp³-hybridized carbons (Fsp3) is 0.300. The van der Waals surface area contributed by atoms with E-state index in [2.05, 4.69) is 0 Å². The third-order valence-electron chi connectivity index (χ3n) is 2.06. The molecular weight excluding hydrogens is 317 g/mol. The summed E-state index contributed by atoms with van der Waals surface area (Å²) in [5.41, 5.74) is -0.430. The Hall–Kier alpha value is -1.45.